The average molecular weight is 535 g/mol. The molecule has 10 nitrogen and oxygen atoms in total. The second kappa shape index (κ2) is 8.88. The Labute approximate surface area is 203 Å². The molecule has 200 valence electrons. The molecule has 3 aromatic rings. The minimum atomic E-state index is -5.77. The lowest BCUT2D eigenvalue weighted by molar-refractivity contribution is -0.262. The largest absolute Gasteiger partial charge is 0.493 e. The summed E-state index contributed by atoms with van der Waals surface area (Å²) in [6.07, 6.45) is -8.84. The van der Waals surface area contributed by atoms with Crippen LogP contribution in [0.25, 0.3) is 16.9 Å². The van der Waals surface area contributed by atoms with E-state index in [9.17, 15) is 46.1 Å². The van der Waals surface area contributed by atoms with Gasteiger partial charge in [0, 0.05) is 17.3 Å². The molecule has 0 fully saturated rings. The Morgan fingerprint density at radius 2 is 1.73 bits per heavy atom. The highest BCUT2D eigenvalue weighted by molar-refractivity contribution is 5.88. The lowest BCUT2D eigenvalue weighted by atomic mass is 9.89. The van der Waals surface area contributed by atoms with E-state index >= 15 is 0 Å². The van der Waals surface area contributed by atoms with Gasteiger partial charge in [0.1, 0.15) is 5.60 Å². The van der Waals surface area contributed by atoms with Gasteiger partial charge in [-0.3, -0.25) is 9.20 Å². The molecule has 0 radical (unpaired) electrons. The highest BCUT2D eigenvalue weighted by Gasteiger charge is 2.61. The SMILES string of the molecule is Cc1ccc(C(O)(C(=O)NOC(=O)C(F)(F)F)C(F)(F)F)cc1-c1cnc2c(N)nc(C(C)(C)O)cn12. The van der Waals surface area contributed by atoms with Crippen molar-refractivity contribution in [2.45, 2.75) is 44.3 Å². The molecule has 16 heteroatoms. The number of aryl methyl sites for hydroxylation is 1. The molecule has 1 atom stereocenters. The van der Waals surface area contributed by atoms with Gasteiger partial charge in [-0.1, -0.05) is 12.1 Å². The molecular formula is C21H19F6N5O5. The molecule has 0 aliphatic rings. The number of benzene rings is 1. The number of hydrogen-bond acceptors (Lipinski definition) is 8. The molecular weight excluding hydrogens is 516 g/mol. The summed E-state index contributed by atoms with van der Waals surface area (Å²) in [6.45, 7) is 4.31. The van der Waals surface area contributed by atoms with E-state index in [1.807, 2.05) is 0 Å². The first-order valence-corrected chi connectivity index (χ1v) is 10.1. The predicted molar refractivity (Wildman–Crippen MR) is 113 cm³/mol. The highest BCUT2D eigenvalue weighted by atomic mass is 19.4. The maximum absolute atomic E-state index is 13.9. The summed E-state index contributed by atoms with van der Waals surface area (Å²) in [5.74, 6) is -5.62. The molecule has 0 saturated carbocycles. The summed E-state index contributed by atoms with van der Waals surface area (Å²) in [4.78, 5) is 34.6. The van der Waals surface area contributed by atoms with Crippen molar-refractivity contribution < 1.29 is 51.0 Å². The third-order valence-corrected chi connectivity index (χ3v) is 5.28. The molecule has 0 bridgehead atoms. The van der Waals surface area contributed by atoms with Crippen molar-refractivity contribution in [1.82, 2.24) is 19.8 Å². The van der Waals surface area contributed by atoms with Gasteiger partial charge in [0.2, 0.25) is 0 Å². The van der Waals surface area contributed by atoms with Crippen LogP contribution in [0.5, 0.6) is 0 Å². The maximum atomic E-state index is 13.9. The summed E-state index contributed by atoms with van der Waals surface area (Å²) in [6, 6.07) is 2.59. The Balaban J connectivity index is 2.15. The second-order valence-corrected chi connectivity index (χ2v) is 8.46. The summed E-state index contributed by atoms with van der Waals surface area (Å²) >= 11 is 0. The third-order valence-electron chi connectivity index (χ3n) is 5.28. The van der Waals surface area contributed by atoms with Crippen molar-refractivity contribution in [2.24, 2.45) is 0 Å². The van der Waals surface area contributed by atoms with E-state index < -0.39 is 41.0 Å². The van der Waals surface area contributed by atoms with Crippen molar-refractivity contribution in [3.8, 4) is 11.3 Å². The topological polar surface area (TPSA) is 152 Å². The number of hydroxylamine groups is 1. The Kier molecular flexibility index (Phi) is 6.64. The Hall–Kier alpha value is -3.92. The number of nitrogens with two attached hydrogens (primary N) is 1. The minimum Gasteiger partial charge on any atom is -0.384 e. The summed E-state index contributed by atoms with van der Waals surface area (Å²) in [7, 11) is 0. The van der Waals surface area contributed by atoms with Gasteiger partial charge < -0.3 is 20.8 Å². The van der Waals surface area contributed by atoms with Gasteiger partial charge >= 0.3 is 18.3 Å². The molecule has 1 amide bonds. The lowest BCUT2D eigenvalue weighted by Gasteiger charge is -2.29. The number of nitrogens with zero attached hydrogens (tertiary/aromatic N) is 3. The first-order valence-electron chi connectivity index (χ1n) is 10.1. The van der Waals surface area contributed by atoms with Crippen LogP contribution in [0.2, 0.25) is 0 Å². The number of hydrogen-bond donors (Lipinski definition) is 4. The number of nitrogen functional groups attached to an aromatic ring is 1. The van der Waals surface area contributed by atoms with E-state index in [2.05, 4.69) is 14.8 Å². The number of imidazole rings is 1. The molecule has 0 aliphatic carbocycles. The number of alkyl halides is 6. The molecule has 5 N–H and O–H groups in total. The first kappa shape index (κ1) is 27.7. The minimum absolute atomic E-state index is 0.0000530. The van der Waals surface area contributed by atoms with Crippen molar-refractivity contribution in [3.05, 3.63) is 47.4 Å². The molecule has 1 aromatic carbocycles. The number of fused-ring (bicyclic) bond motifs is 1. The number of anilines is 1. The molecule has 0 aliphatic heterocycles. The van der Waals surface area contributed by atoms with Crippen LogP contribution in [0.15, 0.2) is 30.6 Å². The molecule has 2 heterocycles. The van der Waals surface area contributed by atoms with Crippen molar-refractivity contribution in [2.75, 3.05) is 5.73 Å². The number of rotatable bonds is 4. The van der Waals surface area contributed by atoms with Crippen LogP contribution < -0.4 is 11.2 Å². The van der Waals surface area contributed by atoms with Crippen LogP contribution in [-0.2, 0) is 25.6 Å². The summed E-state index contributed by atoms with van der Waals surface area (Å²) in [5.41, 5.74) is 0.217. The Morgan fingerprint density at radius 1 is 1.11 bits per heavy atom. The monoisotopic (exact) mass is 535 g/mol. The molecule has 2 aromatic heterocycles. The van der Waals surface area contributed by atoms with Crippen LogP contribution in [0.4, 0.5) is 32.2 Å². The third kappa shape index (κ3) is 5.01. The van der Waals surface area contributed by atoms with Crippen LogP contribution in [-0.4, -0.2) is 48.8 Å². The van der Waals surface area contributed by atoms with Crippen molar-refractivity contribution in [3.63, 3.8) is 0 Å². The van der Waals surface area contributed by atoms with Crippen molar-refractivity contribution >= 4 is 23.3 Å². The number of amides is 1. The number of halogens is 6. The number of aliphatic hydroxyl groups is 2. The van der Waals surface area contributed by atoms with Crippen LogP contribution in [0.1, 0.15) is 30.7 Å². The molecule has 3 rings (SSSR count). The van der Waals surface area contributed by atoms with Crippen molar-refractivity contribution in [1.29, 1.82) is 0 Å². The molecule has 1 unspecified atom stereocenters. The van der Waals surface area contributed by atoms with Gasteiger partial charge in [0.15, 0.2) is 11.5 Å². The normalized spacial score (nSPS) is 14.4. The second-order valence-electron chi connectivity index (χ2n) is 8.46. The molecule has 0 spiro atoms. The summed E-state index contributed by atoms with van der Waals surface area (Å²) in [5, 5.41) is 20.7. The van der Waals surface area contributed by atoms with E-state index in [0.717, 1.165) is 18.2 Å². The fourth-order valence-electron chi connectivity index (χ4n) is 3.28. The average Bonchev–Trinajstić information content (AvgIpc) is 3.19. The predicted octanol–water partition coefficient (Wildman–Crippen LogP) is 2.40. The Bertz CT molecular complexity index is 1380. The highest BCUT2D eigenvalue weighted by Crippen LogP contribution is 2.41. The fraction of sp³-hybridized carbons (Fsp3) is 0.333. The first-order chi connectivity index (χ1) is 16.8. The lowest BCUT2D eigenvalue weighted by Crippen LogP contribution is -2.55. The standard InChI is InChI=1S/C21H19F6N5O5/c1-9-4-5-10(19(36,21(25,26)27)16(33)31-37-17(34)20(22,23)24)6-11(9)12-7-29-15-14(28)30-13(8-32(12)15)18(2,3)35/h4-8,35-36H,1-3H3,(H2,28,30)(H,31,33). The number of carbonyl (C=O) groups is 2. The molecule has 0 saturated heterocycles. The van der Waals surface area contributed by atoms with Crippen LogP contribution >= 0.6 is 0 Å². The fourth-order valence-corrected chi connectivity index (χ4v) is 3.28. The smallest absolute Gasteiger partial charge is 0.384 e. The van der Waals surface area contributed by atoms with Gasteiger partial charge in [0.25, 0.3) is 11.5 Å². The number of carbonyl (C=O) groups excluding carboxylic acids is 2. The van der Waals surface area contributed by atoms with Gasteiger partial charge in [-0.15, -0.1) is 0 Å². The zero-order chi connectivity index (χ0) is 28.1. The van der Waals surface area contributed by atoms with E-state index in [-0.39, 0.29) is 28.4 Å². The van der Waals surface area contributed by atoms with E-state index in [1.54, 1.807) is 0 Å². The molecule has 37 heavy (non-hydrogen) atoms. The Morgan fingerprint density at radius 3 is 2.27 bits per heavy atom. The van der Waals surface area contributed by atoms with E-state index in [4.69, 9.17) is 5.73 Å². The zero-order valence-corrected chi connectivity index (χ0v) is 19.2. The van der Waals surface area contributed by atoms with Gasteiger partial charge in [-0.05, 0) is 32.4 Å². The maximum Gasteiger partial charge on any atom is 0.493 e. The quantitative estimate of drug-likeness (QED) is 0.294. The van der Waals surface area contributed by atoms with Gasteiger partial charge in [-0.2, -0.15) is 31.8 Å². The number of aromatic nitrogens is 3. The van der Waals surface area contributed by atoms with E-state index in [1.165, 1.54) is 37.6 Å². The van der Waals surface area contributed by atoms with E-state index in [0.29, 0.717) is 11.0 Å². The summed E-state index contributed by atoms with van der Waals surface area (Å²) < 4.78 is 80.0. The van der Waals surface area contributed by atoms with Gasteiger partial charge in [0.05, 0.1) is 17.6 Å². The number of nitrogens with one attached hydrogen (secondary N) is 1. The van der Waals surface area contributed by atoms with Gasteiger partial charge in [-0.25, -0.2) is 14.8 Å². The van der Waals surface area contributed by atoms with Crippen LogP contribution in [0.3, 0.4) is 0 Å². The zero-order valence-electron chi connectivity index (χ0n) is 19.2. The van der Waals surface area contributed by atoms with Crippen LogP contribution in [0, 0.1) is 6.92 Å².